The lowest BCUT2D eigenvalue weighted by molar-refractivity contribution is -0.121. The smallest absolute Gasteiger partial charge is 0.245 e. The second-order valence-electron chi connectivity index (χ2n) is 11.4. The normalized spacial score (nSPS) is 16.9. The van der Waals surface area contributed by atoms with Crippen LogP contribution in [0.3, 0.4) is 0 Å². The quantitative estimate of drug-likeness (QED) is 0.457. The maximum atomic E-state index is 12.2. The van der Waals surface area contributed by atoms with Gasteiger partial charge in [0, 0.05) is 18.6 Å². The molecule has 0 bridgehead atoms. The minimum Gasteiger partial charge on any atom is -0.396 e. The summed E-state index contributed by atoms with van der Waals surface area (Å²) in [4.78, 5) is 16.2. The fourth-order valence-electron chi connectivity index (χ4n) is 3.04. The van der Waals surface area contributed by atoms with Crippen molar-refractivity contribution < 1.29 is 15.0 Å². The molecule has 27 heavy (non-hydrogen) atoms. The molecule has 0 heterocycles. The van der Waals surface area contributed by atoms with E-state index in [1.807, 2.05) is 6.08 Å². The number of rotatable bonds is 8. The zero-order valence-electron chi connectivity index (χ0n) is 19.3. The molecule has 0 spiro atoms. The van der Waals surface area contributed by atoms with Crippen LogP contribution in [0.2, 0.25) is 0 Å². The van der Waals surface area contributed by atoms with E-state index in [-0.39, 0.29) is 34.2 Å². The van der Waals surface area contributed by atoms with E-state index < -0.39 is 12.0 Å². The second kappa shape index (κ2) is 9.47. The fraction of sp³-hybridized carbons (Fsp3) is 0.826. The van der Waals surface area contributed by atoms with Crippen LogP contribution in [0, 0.1) is 27.6 Å². The first-order chi connectivity index (χ1) is 11.9. The first-order valence-electron chi connectivity index (χ1n) is 9.95. The van der Waals surface area contributed by atoms with Crippen LogP contribution >= 0.6 is 0 Å². The molecule has 0 saturated carbocycles. The summed E-state index contributed by atoms with van der Waals surface area (Å²) in [6, 6.07) is 0. The SMILES string of the molecule is CC(C)(C)CC(C)(C)/C=C/[C@@H](O)[C@@H](/C=N/C(=O)CC(C)(C)C(C)(C)C)CO. The van der Waals surface area contributed by atoms with Crippen molar-refractivity contribution >= 4 is 12.1 Å². The first kappa shape index (κ1) is 26.0. The number of aliphatic hydroxyl groups is 2. The van der Waals surface area contributed by atoms with E-state index >= 15 is 0 Å². The highest BCUT2D eigenvalue weighted by Crippen LogP contribution is 2.40. The van der Waals surface area contributed by atoms with Crippen molar-refractivity contribution in [3.8, 4) is 0 Å². The lowest BCUT2D eigenvalue weighted by atomic mass is 9.67. The number of carbonyl (C=O) groups excluding carboxylic acids is 1. The lowest BCUT2D eigenvalue weighted by Gasteiger charge is -2.37. The summed E-state index contributed by atoms with van der Waals surface area (Å²) in [5, 5.41) is 20.0. The van der Waals surface area contributed by atoms with Crippen molar-refractivity contribution in [3.05, 3.63) is 12.2 Å². The Bertz CT molecular complexity index is 531. The second-order valence-corrected chi connectivity index (χ2v) is 11.4. The van der Waals surface area contributed by atoms with Gasteiger partial charge in [-0.3, -0.25) is 4.79 Å². The average molecular weight is 382 g/mol. The Morgan fingerprint density at radius 1 is 1.00 bits per heavy atom. The van der Waals surface area contributed by atoms with Crippen LogP contribution in [0.1, 0.15) is 82.1 Å². The van der Waals surface area contributed by atoms with Crippen LogP contribution in [0.5, 0.6) is 0 Å². The molecule has 4 heteroatoms. The van der Waals surface area contributed by atoms with Gasteiger partial charge in [0.15, 0.2) is 0 Å². The van der Waals surface area contributed by atoms with Crippen molar-refractivity contribution in [3.63, 3.8) is 0 Å². The Labute approximate surface area is 167 Å². The number of aliphatic imine (C=N–C) groups is 1. The molecule has 0 aliphatic carbocycles. The first-order valence-corrected chi connectivity index (χ1v) is 9.95. The Morgan fingerprint density at radius 2 is 1.52 bits per heavy atom. The highest BCUT2D eigenvalue weighted by atomic mass is 16.3. The zero-order chi connectivity index (χ0) is 21.7. The molecule has 0 aromatic heterocycles. The van der Waals surface area contributed by atoms with Crippen LogP contribution < -0.4 is 0 Å². The van der Waals surface area contributed by atoms with Crippen LogP contribution in [0.15, 0.2) is 17.1 Å². The minimum absolute atomic E-state index is 0.0184. The van der Waals surface area contributed by atoms with E-state index in [9.17, 15) is 15.0 Å². The van der Waals surface area contributed by atoms with Gasteiger partial charge in [-0.1, -0.05) is 81.4 Å². The van der Waals surface area contributed by atoms with E-state index in [4.69, 9.17) is 0 Å². The summed E-state index contributed by atoms with van der Waals surface area (Å²) in [5.74, 6) is -0.814. The van der Waals surface area contributed by atoms with Crippen molar-refractivity contribution in [1.29, 1.82) is 0 Å². The lowest BCUT2D eigenvalue weighted by Crippen LogP contribution is -2.32. The molecular weight excluding hydrogens is 338 g/mol. The largest absolute Gasteiger partial charge is 0.396 e. The molecule has 158 valence electrons. The number of hydrogen-bond donors (Lipinski definition) is 2. The van der Waals surface area contributed by atoms with Gasteiger partial charge in [0.25, 0.3) is 0 Å². The molecule has 1 amide bonds. The number of hydrogen-bond acceptors (Lipinski definition) is 3. The third kappa shape index (κ3) is 10.2. The zero-order valence-corrected chi connectivity index (χ0v) is 19.3. The summed E-state index contributed by atoms with van der Waals surface area (Å²) < 4.78 is 0. The van der Waals surface area contributed by atoms with Crippen LogP contribution in [-0.2, 0) is 4.79 Å². The third-order valence-corrected chi connectivity index (χ3v) is 5.41. The summed E-state index contributed by atoms with van der Waals surface area (Å²) in [6.07, 6.45) is 5.53. The molecule has 0 radical (unpaired) electrons. The molecule has 0 aromatic rings. The maximum Gasteiger partial charge on any atom is 0.245 e. The summed E-state index contributed by atoms with van der Waals surface area (Å²) in [5.41, 5.74) is -0.0904. The topological polar surface area (TPSA) is 69.9 Å². The predicted octanol–water partition coefficient (Wildman–Crippen LogP) is 5.03. The van der Waals surface area contributed by atoms with Gasteiger partial charge >= 0.3 is 0 Å². The van der Waals surface area contributed by atoms with Crippen molar-refractivity contribution in [2.45, 2.75) is 88.2 Å². The number of nitrogens with zero attached hydrogens (tertiary/aromatic N) is 1. The van der Waals surface area contributed by atoms with Gasteiger partial charge < -0.3 is 10.2 Å². The Kier molecular flexibility index (Phi) is 9.12. The van der Waals surface area contributed by atoms with Gasteiger partial charge in [0.05, 0.1) is 12.7 Å². The van der Waals surface area contributed by atoms with E-state index in [1.165, 1.54) is 6.21 Å². The predicted molar refractivity (Wildman–Crippen MR) is 115 cm³/mol. The van der Waals surface area contributed by atoms with Crippen LogP contribution in [0.4, 0.5) is 0 Å². The van der Waals surface area contributed by atoms with Gasteiger partial charge in [-0.25, -0.2) is 4.99 Å². The molecule has 0 aromatic carbocycles. The maximum absolute atomic E-state index is 12.2. The molecule has 2 N–H and O–H groups in total. The van der Waals surface area contributed by atoms with Crippen molar-refractivity contribution in [2.75, 3.05) is 6.61 Å². The Hall–Kier alpha value is -1.00. The molecule has 0 saturated heterocycles. The summed E-state index contributed by atoms with van der Waals surface area (Å²) >= 11 is 0. The number of amides is 1. The standard InChI is InChI=1S/C23H43NO3/c1-20(2,3)16-22(7,8)12-11-18(26)17(15-25)14-24-19(27)13-23(9,10)21(4,5)6/h11-12,14,17-18,25-26H,13,15-16H2,1-10H3/b12-11+,24-14+/t17-,18+/m0/s1. The van der Waals surface area contributed by atoms with E-state index in [0.717, 1.165) is 6.42 Å². The number of carbonyl (C=O) groups is 1. The number of aliphatic hydroxyl groups excluding tert-OH is 2. The van der Waals surface area contributed by atoms with Gasteiger partial charge in [-0.05, 0) is 28.1 Å². The van der Waals surface area contributed by atoms with Crippen molar-refractivity contribution in [1.82, 2.24) is 0 Å². The van der Waals surface area contributed by atoms with Crippen LogP contribution in [0.25, 0.3) is 0 Å². The van der Waals surface area contributed by atoms with E-state index in [0.29, 0.717) is 6.42 Å². The summed E-state index contributed by atoms with van der Waals surface area (Å²) in [7, 11) is 0. The van der Waals surface area contributed by atoms with Crippen LogP contribution in [-0.4, -0.2) is 35.0 Å². The van der Waals surface area contributed by atoms with Gasteiger partial charge in [0.1, 0.15) is 0 Å². The van der Waals surface area contributed by atoms with Gasteiger partial charge in [-0.15, -0.1) is 0 Å². The molecular formula is C23H43NO3. The highest BCUT2D eigenvalue weighted by molar-refractivity contribution is 5.86. The number of allylic oxidation sites excluding steroid dienone is 1. The van der Waals surface area contributed by atoms with Gasteiger partial charge in [-0.2, -0.15) is 0 Å². The molecule has 2 atom stereocenters. The third-order valence-electron chi connectivity index (χ3n) is 5.41. The molecule has 4 nitrogen and oxygen atoms in total. The fourth-order valence-corrected chi connectivity index (χ4v) is 3.04. The van der Waals surface area contributed by atoms with E-state index in [2.05, 4.69) is 74.2 Å². The monoisotopic (exact) mass is 381 g/mol. The molecule has 0 unspecified atom stereocenters. The Balaban J connectivity index is 5.00. The Morgan fingerprint density at radius 3 is 1.93 bits per heavy atom. The minimum atomic E-state index is -0.874. The molecule has 0 rings (SSSR count). The summed E-state index contributed by atoms with van der Waals surface area (Å²) in [6.45, 7) is 21.0. The average Bonchev–Trinajstić information content (AvgIpc) is 2.41. The molecule has 0 aliphatic rings. The van der Waals surface area contributed by atoms with Gasteiger partial charge in [0.2, 0.25) is 5.91 Å². The van der Waals surface area contributed by atoms with E-state index in [1.54, 1.807) is 6.08 Å². The molecule has 0 fully saturated rings. The molecule has 0 aliphatic heterocycles. The van der Waals surface area contributed by atoms with Crippen molar-refractivity contribution in [2.24, 2.45) is 32.6 Å². The highest BCUT2D eigenvalue weighted by Gasteiger charge is 2.34.